The van der Waals surface area contributed by atoms with Crippen LogP contribution in [-0.2, 0) is 17.8 Å². The number of aryl methyl sites for hydroxylation is 1. The van der Waals surface area contributed by atoms with Crippen LogP contribution in [0.5, 0.6) is 0 Å². The zero-order valence-electron chi connectivity index (χ0n) is 19.8. The molecule has 35 heavy (non-hydrogen) atoms. The van der Waals surface area contributed by atoms with Crippen LogP contribution < -0.4 is 27.7 Å². The van der Waals surface area contributed by atoms with Gasteiger partial charge in [-0.1, -0.05) is 29.8 Å². The number of amidine groups is 1. The molecule has 0 saturated carbocycles. The predicted octanol–water partition coefficient (Wildman–Crippen LogP) is 1.71. The first kappa shape index (κ1) is 23.7. The molecule has 1 amide bonds. The number of carbonyl (C=O) groups excluding carboxylic acids is 1. The molecule has 0 saturated heterocycles. The molecule has 10 heteroatoms. The molecule has 1 atom stereocenters. The van der Waals surface area contributed by atoms with Crippen LogP contribution in [0.15, 0.2) is 71.0 Å². The fraction of sp³-hybridized carbons (Fsp3) is 0.240. The molecule has 2 aromatic heterocycles. The van der Waals surface area contributed by atoms with Crippen LogP contribution in [0, 0.1) is 12.8 Å². The van der Waals surface area contributed by atoms with Crippen molar-refractivity contribution in [1.29, 1.82) is 0 Å². The number of aliphatic imine (C=N–C) groups is 1. The summed E-state index contributed by atoms with van der Waals surface area (Å²) in [7, 11) is 1.77. The van der Waals surface area contributed by atoms with E-state index in [1.807, 2.05) is 16.7 Å². The Bertz CT molecular complexity index is 1360. The van der Waals surface area contributed by atoms with Crippen molar-refractivity contribution >= 4 is 23.5 Å². The van der Waals surface area contributed by atoms with E-state index in [1.54, 1.807) is 24.2 Å². The first-order valence-corrected chi connectivity index (χ1v) is 11.2. The van der Waals surface area contributed by atoms with Crippen molar-refractivity contribution in [3.05, 3.63) is 77.6 Å². The lowest BCUT2D eigenvalue weighted by molar-refractivity contribution is -0.119. The Labute approximate surface area is 203 Å². The van der Waals surface area contributed by atoms with Crippen molar-refractivity contribution in [1.82, 2.24) is 14.5 Å². The van der Waals surface area contributed by atoms with E-state index in [4.69, 9.17) is 17.3 Å². The van der Waals surface area contributed by atoms with Crippen molar-refractivity contribution in [2.45, 2.75) is 26.3 Å². The fourth-order valence-corrected chi connectivity index (χ4v) is 4.16. The average molecular weight is 472 g/mol. The largest absolute Gasteiger partial charge is 0.404 e. The Morgan fingerprint density at radius 1 is 1.23 bits per heavy atom. The van der Waals surface area contributed by atoms with Gasteiger partial charge in [0.2, 0.25) is 5.91 Å². The highest BCUT2D eigenvalue weighted by molar-refractivity contribution is 5.93. The minimum Gasteiger partial charge on any atom is -0.404 e. The summed E-state index contributed by atoms with van der Waals surface area (Å²) >= 11 is 0. The van der Waals surface area contributed by atoms with Crippen LogP contribution in [0.4, 0.5) is 11.8 Å². The van der Waals surface area contributed by atoms with Crippen molar-refractivity contribution in [2.75, 3.05) is 11.9 Å². The Balaban J connectivity index is 1.73. The van der Waals surface area contributed by atoms with Gasteiger partial charge in [-0.05, 0) is 55.3 Å². The second-order valence-electron chi connectivity index (χ2n) is 8.55. The van der Waals surface area contributed by atoms with Gasteiger partial charge in [-0.3, -0.25) is 4.79 Å². The number of anilines is 1. The zero-order valence-corrected chi connectivity index (χ0v) is 19.8. The molecule has 0 aliphatic carbocycles. The third-order valence-electron chi connectivity index (χ3n) is 5.96. The predicted molar refractivity (Wildman–Crippen MR) is 136 cm³/mol. The molecule has 1 unspecified atom stereocenters. The van der Waals surface area contributed by atoms with Gasteiger partial charge >= 0.3 is 0 Å². The molecule has 1 aliphatic heterocycles. The summed E-state index contributed by atoms with van der Waals surface area (Å²) in [4.78, 5) is 27.5. The van der Waals surface area contributed by atoms with E-state index in [2.05, 4.69) is 51.3 Å². The van der Waals surface area contributed by atoms with E-state index in [1.165, 1.54) is 23.4 Å². The van der Waals surface area contributed by atoms with Crippen LogP contribution in [0.2, 0.25) is 0 Å². The molecule has 3 heterocycles. The highest BCUT2D eigenvalue weighted by Crippen LogP contribution is 2.28. The molecule has 3 aromatic rings. The number of hydrogen-bond donors (Lipinski definition) is 3. The summed E-state index contributed by atoms with van der Waals surface area (Å²) in [6.45, 7) is 2.67. The lowest BCUT2D eigenvalue weighted by Crippen LogP contribution is -2.31. The Hall–Kier alpha value is -4.47. The average Bonchev–Trinajstić information content (AvgIpc) is 2.96. The number of pyridine rings is 1. The van der Waals surface area contributed by atoms with E-state index in [0.29, 0.717) is 30.0 Å². The maximum atomic E-state index is 13.1. The summed E-state index contributed by atoms with van der Waals surface area (Å²) in [6, 6.07) is 13.9. The molecule has 1 aliphatic rings. The third kappa shape index (κ3) is 5.37. The SMILES string of the molecule is Cc1ccc(CC2CC(=O)N(C)c3cc(-c4ccnc(N=C(N)C=CN)n4)c/c(=N/N)n3C2)cc1. The maximum Gasteiger partial charge on any atom is 0.251 e. The highest BCUT2D eigenvalue weighted by atomic mass is 16.2. The topological polar surface area (TPSA) is 154 Å². The van der Waals surface area contributed by atoms with Gasteiger partial charge in [-0.15, -0.1) is 0 Å². The van der Waals surface area contributed by atoms with Crippen molar-refractivity contribution in [3.8, 4) is 11.3 Å². The Morgan fingerprint density at radius 2 is 2.00 bits per heavy atom. The zero-order chi connectivity index (χ0) is 24.9. The molecule has 0 spiro atoms. The molecule has 6 N–H and O–H groups in total. The van der Waals surface area contributed by atoms with Crippen LogP contribution in [-0.4, -0.2) is 33.3 Å². The number of amides is 1. The molecule has 4 rings (SSSR count). The van der Waals surface area contributed by atoms with Crippen molar-refractivity contribution < 1.29 is 4.79 Å². The van der Waals surface area contributed by atoms with Gasteiger partial charge in [0.15, 0.2) is 5.49 Å². The van der Waals surface area contributed by atoms with Crippen molar-refractivity contribution in [2.24, 2.45) is 33.3 Å². The van der Waals surface area contributed by atoms with Crippen LogP contribution >= 0.6 is 0 Å². The fourth-order valence-electron chi connectivity index (χ4n) is 4.16. The van der Waals surface area contributed by atoms with Gasteiger partial charge in [-0.25, -0.2) is 9.97 Å². The first-order chi connectivity index (χ1) is 16.9. The summed E-state index contributed by atoms with van der Waals surface area (Å²) < 4.78 is 1.98. The third-order valence-corrected chi connectivity index (χ3v) is 5.96. The highest BCUT2D eigenvalue weighted by Gasteiger charge is 2.26. The molecular formula is C25H29N9O. The molecule has 10 nitrogen and oxygen atoms in total. The van der Waals surface area contributed by atoms with E-state index < -0.39 is 0 Å². The van der Waals surface area contributed by atoms with E-state index in [0.717, 1.165) is 12.0 Å². The quantitative estimate of drug-likeness (QED) is 0.223. The number of benzene rings is 1. The molecule has 0 fully saturated rings. The van der Waals surface area contributed by atoms with Crippen LogP contribution in [0.3, 0.4) is 0 Å². The summed E-state index contributed by atoms with van der Waals surface area (Å²) in [5.74, 6) is 7.00. The van der Waals surface area contributed by atoms with E-state index in [-0.39, 0.29) is 23.6 Å². The first-order valence-electron chi connectivity index (χ1n) is 11.2. The molecule has 1 aromatic carbocycles. The number of carbonyl (C=O) groups is 1. The van der Waals surface area contributed by atoms with E-state index in [9.17, 15) is 4.79 Å². The minimum atomic E-state index is 0.0304. The van der Waals surface area contributed by atoms with Gasteiger partial charge in [0.25, 0.3) is 5.95 Å². The number of nitrogens with two attached hydrogens (primary N) is 3. The number of aromatic nitrogens is 3. The smallest absolute Gasteiger partial charge is 0.251 e. The number of hydrogen-bond acceptors (Lipinski definition) is 7. The second-order valence-corrected chi connectivity index (χ2v) is 8.55. The van der Waals surface area contributed by atoms with Crippen LogP contribution in [0.25, 0.3) is 11.3 Å². The Kier molecular flexibility index (Phi) is 6.91. The van der Waals surface area contributed by atoms with Gasteiger partial charge < -0.3 is 26.8 Å². The van der Waals surface area contributed by atoms with Gasteiger partial charge in [-0.2, -0.15) is 10.1 Å². The summed E-state index contributed by atoms with van der Waals surface area (Å²) in [6.07, 6.45) is 5.54. The summed E-state index contributed by atoms with van der Waals surface area (Å²) in [5, 5.41) is 4.03. The van der Waals surface area contributed by atoms with Gasteiger partial charge in [0.1, 0.15) is 11.7 Å². The van der Waals surface area contributed by atoms with Crippen molar-refractivity contribution in [3.63, 3.8) is 0 Å². The molecule has 0 radical (unpaired) electrons. The number of fused-ring (bicyclic) bond motifs is 1. The maximum absolute atomic E-state index is 13.1. The lowest BCUT2D eigenvalue weighted by Gasteiger charge is -2.20. The monoisotopic (exact) mass is 471 g/mol. The van der Waals surface area contributed by atoms with E-state index >= 15 is 0 Å². The second kappa shape index (κ2) is 10.2. The molecular weight excluding hydrogens is 442 g/mol. The van der Waals surface area contributed by atoms with Crippen LogP contribution in [0.1, 0.15) is 17.5 Å². The molecule has 180 valence electrons. The van der Waals surface area contributed by atoms with Gasteiger partial charge in [0, 0.05) is 31.8 Å². The summed E-state index contributed by atoms with van der Waals surface area (Å²) in [5.41, 5.74) is 15.4. The van der Waals surface area contributed by atoms with Gasteiger partial charge in [0.05, 0.1) is 5.69 Å². The molecule has 0 bridgehead atoms. The number of rotatable bonds is 5. The standard InChI is InChI=1S/C25H29N9O/c1-16-3-5-17(6-4-16)11-18-12-24(35)33(2)23-14-19(13-22(32-28)34(23)15-18)20-8-10-29-25(30-20)31-21(27)7-9-26/h3-10,13-14,18H,11-12,15,26,28H2,1-2H3,(H2,27,29,30,31)/b9-7?,32-22-. The Morgan fingerprint density at radius 3 is 2.71 bits per heavy atom. The number of nitrogens with zero attached hydrogens (tertiary/aromatic N) is 6. The minimum absolute atomic E-state index is 0.0304. The lowest BCUT2D eigenvalue weighted by atomic mass is 9.95. The normalized spacial score (nSPS) is 17.0.